The number of thiol groups is 1. The van der Waals surface area contributed by atoms with Crippen molar-refractivity contribution in [2.75, 3.05) is 12.4 Å². The summed E-state index contributed by atoms with van der Waals surface area (Å²) in [5.74, 6) is 2.51. The van der Waals surface area contributed by atoms with E-state index >= 15 is 0 Å². The SMILES string of the molecule is CC(C)c1cccc(OCC2(CS)CCCCCC2)c1. The van der Waals surface area contributed by atoms with Gasteiger partial charge in [-0.15, -0.1) is 0 Å². The first-order valence-electron chi connectivity index (χ1n) is 7.99. The van der Waals surface area contributed by atoms with Gasteiger partial charge in [-0.2, -0.15) is 12.6 Å². The number of ether oxygens (including phenoxy) is 1. The minimum absolute atomic E-state index is 0.285. The normalized spacial score (nSPS) is 18.8. The highest BCUT2D eigenvalue weighted by Gasteiger charge is 2.30. The van der Waals surface area contributed by atoms with Crippen LogP contribution in [0, 0.1) is 5.41 Å². The zero-order chi connectivity index (χ0) is 14.4. The Bertz CT molecular complexity index is 406. The summed E-state index contributed by atoms with van der Waals surface area (Å²) in [4.78, 5) is 0. The number of benzene rings is 1. The molecule has 112 valence electrons. The van der Waals surface area contributed by atoms with E-state index in [0.29, 0.717) is 5.92 Å². The van der Waals surface area contributed by atoms with Crippen LogP contribution < -0.4 is 4.74 Å². The topological polar surface area (TPSA) is 9.23 Å². The standard InChI is InChI=1S/C18H28OS/c1-15(2)16-8-7-9-17(12-16)19-13-18(14-20)10-5-3-4-6-11-18/h7-9,12,15,20H,3-6,10-11,13-14H2,1-2H3. The largest absolute Gasteiger partial charge is 0.493 e. The molecule has 0 saturated heterocycles. The third-order valence-electron chi connectivity index (χ3n) is 4.57. The van der Waals surface area contributed by atoms with Gasteiger partial charge in [0.05, 0.1) is 6.61 Å². The summed E-state index contributed by atoms with van der Waals surface area (Å²) in [6.07, 6.45) is 7.93. The lowest BCUT2D eigenvalue weighted by Gasteiger charge is -2.31. The van der Waals surface area contributed by atoms with Gasteiger partial charge in [-0.3, -0.25) is 0 Å². The van der Waals surface area contributed by atoms with Gasteiger partial charge in [-0.25, -0.2) is 0 Å². The van der Waals surface area contributed by atoms with Gasteiger partial charge in [0.25, 0.3) is 0 Å². The summed E-state index contributed by atoms with van der Waals surface area (Å²) in [5, 5.41) is 0. The average Bonchev–Trinajstić information content (AvgIpc) is 2.72. The summed E-state index contributed by atoms with van der Waals surface area (Å²) >= 11 is 4.62. The van der Waals surface area contributed by atoms with Gasteiger partial charge >= 0.3 is 0 Å². The highest BCUT2D eigenvalue weighted by Crippen LogP contribution is 2.36. The minimum atomic E-state index is 0.285. The fraction of sp³-hybridized carbons (Fsp3) is 0.667. The Morgan fingerprint density at radius 2 is 1.85 bits per heavy atom. The van der Waals surface area contributed by atoms with Crippen LogP contribution in [0.2, 0.25) is 0 Å². The van der Waals surface area contributed by atoms with Gasteiger partial charge in [0.15, 0.2) is 0 Å². The smallest absolute Gasteiger partial charge is 0.119 e. The lowest BCUT2D eigenvalue weighted by molar-refractivity contribution is 0.148. The van der Waals surface area contributed by atoms with Crippen LogP contribution in [0.25, 0.3) is 0 Å². The molecule has 1 fully saturated rings. The summed E-state index contributed by atoms with van der Waals surface area (Å²) in [7, 11) is 0. The van der Waals surface area contributed by atoms with Gasteiger partial charge in [-0.05, 0) is 42.2 Å². The van der Waals surface area contributed by atoms with E-state index in [2.05, 4.69) is 50.7 Å². The van der Waals surface area contributed by atoms with E-state index in [-0.39, 0.29) is 5.41 Å². The maximum Gasteiger partial charge on any atom is 0.119 e. The van der Waals surface area contributed by atoms with Crippen LogP contribution in [0.15, 0.2) is 24.3 Å². The van der Waals surface area contributed by atoms with Crippen molar-refractivity contribution in [3.05, 3.63) is 29.8 Å². The number of rotatable bonds is 5. The molecule has 1 saturated carbocycles. The van der Waals surface area contributed by atoms with Gasteiger partial charge in [0, 0.05) is 5.41 Å². The summed E-state index contributed by atoms with van der Waals surface area (Å²) < 4.78 is 6.14. The molecule has 1 aromatic carbocycles. The average molecular weight is 292 g/mol. The second kappa shape index (κ2) is 7.40. The lowest BCUT2D eigenvalue weighted by atomic mass is 9.83. The molecule has 0 bridgehead atoms. The van der Waals surface area contributed by atoms with Crippen LogP contribution in [0.4, 0.5) is 0 Å². The number of hydrogen-bond donors (Lipinski definition) is 1. The molecule has 0 amide bonds. The summed E-state index contributed by atoms with van der Waals surface area (Å²) in [5.41, 5.74) is 1.64. The molecule has 1 aliphatic carbocycles. The first-order valence-corrected chi connectivity index (χ1v) is 8.62. The Balaban J connectivity index is 2.00. The Morgan fingerprint density at radius 3 is 2.45 bits per heavy atom. The molecule has 0 aromatic heterocycles. The van der Waals surface area contributed by atoms with Crippen LogP contribution in [0.5, 0.6) is 5.75 Å². The van der Waals surface area contributed by atoms with E-state index < -0.39 is 0 Å². The molecule has 1 nitrogen and oxygen atoms in total. The molecule has 1 aliphatic rings. The van der Waals surface area contributed by atoms with Crippen molar-refractivity contribution in [3.8, 4) is 5.75 Å². The Kier molecular flexibility index (Phi) is 5.83. The van der Waals surface area contributed by atoms with Crippen LogP contribution >= 0.6 is 12.6 Å². The van der Waals surface area contributed by atoms with Gasteiger partial charge in [-0.1, -0.05) is 51.7 Å². The molecule has 2 rings (SSSR count). The molecule has 0 spiro atoms. The van der Waals surface area contributed by atoms with Crippen molar-refractivity contribution >= 4 is 12.6 Å². The van der Waals surface area contributed by atoms with Crippen molar-refractivity contribution in [1.29, 1.82) is 0 Å². The van der Waals surface area contributed by atoms with E-state index in [9.17, 15) is 0 Å². The third kappa shape index (κ3) is 4.18. The van der Waals surface area contributed by atoms with Crippen LogP contribution in [-0.4, -0.2) is 12.4 Å². The van der Waals surface area contributed by atoms with Gasteiger partial charge in [0.2, 0.25) is 0 Å². The monoisotopic (exact) mass is 292 g/mol. The minimum Gasteiger partial charge on any atom is -0.493 e. The highest BCUT2D eigenvalue weighted by molar-refractivity contribution is 7.80. The second-order valence-corrected chi connectivity index (χ2v) is 6.90. The van der Waals surface area contributed by atoms with E-state index in [4.69, 9.17) is 4.74 Å². The zero-order valence-electron chi connectivity index (χ0n) is 12.9. The van der Waals surface area contributed by atoms with Crippen molar-refractivity contribution in [3.63, 3.8) is 0 Å². The molecule has 2 heteroatoms. The number of hydrogen-bond acceptors (Lipinski definition) is 2. The predicted molar refractivity (Wildman–Crippen MR) is 90.0 cm³/mol. The Morgan fingerprint density at radius 1 is 1.15 bits per heavy atom. The van der Waals surface area contributed by atoms with Gasteiger partial charge in [0.1, 0.15) is 5.75 Å². The van der Waals surface area contributed by atoms with Crippen molar-refractivity contribution < 1.29 is 4.74 Å². The molecule has 0 atom stereocenters. The third-order valence-corrected chi connectivity index (χ3v) is 5.24. The van der Waals surface area contributed by atoms with E-state index in [1.807, 2.05) is 0 Å². The van der Waals surface area contributed by atoms with Crippen molar-refractivity contribution in [2.45, 2.75) is 58.3 Å². The van der Waals surface area contributed by atoms with Crippen LogP contribution in [0.1, 0.15) is 63.9 Å². The summed E-state index contributed by atoms with van der Waals surface area (Å²) in [6, 6.07) is 8.55. The maximum absolute atomic E-state index is 6.14. The fourth-order valence-corrected chi connectivity index (χ4v) is 3.43. The summed E-state index contributed by atoms with van der Waals surface area (Å²) in [6.45, 7) is 5.26. The van der Waals surface area contributed by atoms with Crippen LogP contribution in [0.3, 0.4) is 0 Å². The van der Waals surface area contributed by atoms with Crippen molar-refractivity contribution in [2.24, 2.45) is 5.41 Å². The van der Waals surface area contributed by atoms with Gasteiger partial charge < -0.3 is 4.74 Å². The van der Waals surface area contributed by atoms with E-state index in [0.717, 1.165) is 18.1 Å². The molecule has 0 aliphatic heterocycles. The predicted octanol–water partition coefficient (Wildman–Crippen LogP) is 5.46. The Hall–Kier alpha value is -0.630. The van der Waals surface area contributed by atoms with Crippen LogP contribution in [-0.2, 0) is 0 Å². The lowest BCUT2D eigenvalue weighted by Crippen LogP contribution is -2.30. The molecule has 0 radical (unpaired) electrons. The zero-order valence-corrected chi connectivity index (χ0v) is 13.8. The maximum atomic E-state index is 6.14. The highest BCUT2D eigenvalue weighted by atomic mass is 32.1. The first-order chi connectivity index (χ1) is 9.65. The molecule has 1 aromatic rings. The first kappa shape index (κ1) is 15.8. The molecule has 0 heterocycles. The van der Waals surface area contributed by atoms with Crippen molar-refractivity contribution in [1.82, 2.24) is 0 Å². The molecular formula is C18H28OS. The second-order valence-electron chi connectivity index (χ2n) is 6.59. The molecule has 0 unspecified atom stereocenters. The van der Waals surface area contributed by atoms with E-state index in [1.165, 1.54) is 44.1 Å². The molecular weight excluding hydrogens is 264 g/mol. The molecule has 0 N–H and O–H groups in total. The fourth-order valence-electron chi connectivity index (χ4n) is 3.03. The Labute approximate surface area is 129 Å². The quantitative estimate of drug-likeness (QED) is 0.560. The molecule has 20 heavy (non-hydrogen) atoms. The van der Waals surface area contributed by atoms with E-state index in [1.54, 1.807) is 0 Å².